The van der Waals surface area contributed by atoms with Crippen LogP contribution >= 0.6 is 30.9 Å². The number of halogens is 3. The summed E-state index contributed by atoms with van der Waals surface area (Å²) in [4.78, 5) is 14.3. The van der Waals surface area contributed by atoms with Crippen LogP contribution in [0.25, 0.3) is 0 Å². The van der Waals surface area contributed by atoms with E-state index in [1.165, 1.54) is 23.4 Å². The largest absolute Gasteiger partial charge is 1.00 e. The van der Waals surface area contributed by atoms with Gasteiger partial charge in [-0.3, -0.25) is 9.09 Å². The SMILES string of the molecule is CC[N+](C)(CCCNP(=O)(OCc1cnc([N+](=O)[O-])n1C)N(CCCl)CCCl)Cc1ccccc1.[I-]. The van der Waals surface area contributed by atoms with Gasteiger partial charge in [-0.15, -0.1) is 23.2 Å². The summed E-state index contributed by atoms with van der Waals surface area (Å²) < 4.78 is 23.6. The molecule has 2 aromatic rings. The predicted octanol–water partition coefficient (Wildman–Crippen LogP) is 1.38. The summed E-state index contributed by atoms with van der Waals surface area (Å²) >= 11 is 11.9. The fourth-order valence-corrected chi connectivity index (χ4v) is 6.32. The molecular formula is C22H36Cl2IN6O4P. The van der Waals surface area contributed by atoms with Crippen LogP contribution < -0.4 is 29.1 Å². The number of nitrogens with zero attached hydrogens (tertiary/aromatic N) is 5. The van der Waals surface area contributed by atoms with E-state index in [9.17, 15) is 14.7 Å². The fourth-order valence-electron chi connectivity index (χ4n) is 3.74. The lowest BCUT2D eigenvalue weighted by Gasteiger charge is -2.34. The third-order valence-corrected chi connectivity index (χ3v) is 8.61. The Hall–Kier alpha value is -0.790. The minimum atomic E-state index is -3.52. The number of quaternary nitrogens is 1. The van der Waals surface area contributed by atoms with E-state index >= 15 is 0 Å². The zero-order valence-corrected chi connectivity index (χ0v) is 25.5. The van der Waals surface area contributed by atoms with E-state index in [-0.39, 0.29) is 48.3 Å². The maximum absolute atomic E-state index is 13.9. The van der Waals surface area contributed by atoms with Gasteiger partial charge in [-0.25, -0.2) is 14.3 Å². The van der Waals surface area contributed by atoms with Crippen LogP contribution in [0.4, 0.5) is 5.95 Å². The molecule has 0 spiro atoms. The Labute approximate surface area is 240 Å². The number of benzene rings is 1. The number of aromatic nitrogens is 2. The van der Waals surface area contributed by atoms with Crippen LogP contribution in [0.2, 0.25) is 0 Å². The minimum Gasteiger partial charge on any atom is -1.00 e. The van der Waals surface area contributed by atoms with E-state index < -0.39 is 12.6 Å². The highest BCUT2D eigenvalue weighted by Gasteiger charge is 2.33. The number of alkyl halides is 2. The molecule has 204 valence electrons. The second kappa shape index (κ2) is 16.2. The molecule has 1 N–H and O–H groups in total. The Bertz CT molecular complexity index is 981. The first kappa shape index (κ1) is 33.2. The summed E-state index contributed by atoms with van der Waals surface area (Å²) in [6, 6.07) is 10.4. The lowest BCUT2D eigenvalue weighted by Crippen LogP contribution is -3.00. The molecule has 2 atom stereocenters. The number of hydrogen-bond acceptors (Lipinski definition) is 5. The van der Waals surface area contributed by atoms with Crippen LogP contribution in [0.5, 0.6) is 0 Å². The molecule has 0 aliphatic heterocycles. The number of nitro groups is 1. The Morgan fingerprint density at radius 3 is 2.42 bits per heavy atom. The number of rotatable bonds is 17. The summed E-state index contributed by atoms with van der Waals surface area (Å²) in [5, 5.41) is 14.2. The Morgan fingerprint density at radius 1 is 1.25 bits per heavy atom. The molecule has 1 heterocycles. The Balaban J connectivity index is 0.00000648. The van der Waals surface area contributed by atoms with Crippen molar-refractivity contribution < 1.29 is 42.5 Å². The van der Waals surface area contributed by atoms with E-state index in [0.29, 0.717) is 25.3 Å². The number of imidazole rings is 1. The van der Waals surface area contributed by atoms with Crippen LogP contribution in [-0.2, 0) is 29.3 Å². The van der Waals surface area contributed by atoms with Crippen molar-refractivity contribution >= 4 is 36.8 Å². The van der Waals surface area contributed by atoms with Crippen molar-refractivity contribution in [3.8, 4) is 0 Å². The van der Waals surface area contributed by atoms with Crippen LogP contribution in [-0.4, -0.2) is 75.2 Å². The predicted molar refractivity (Wildman–Crippen MR) is 140 cm³/mol. The second-order valence-corrected chi connectivity index (χ2v) is 11.5. The smallest absolute Gasteiger partial charge is 0.434 e. The number of hydrogen-bond donors (Lipinski definition) is 1. The van der Waals surface area contributed by atoms with Crippen molar-refractivity contribution in [2.45, 2.75) is 26.5 Å². The van der Waals surface area contributed by atoms with Gasteiger partial charge >= 0.3 is 13.6 Å². The molecule has 0 fully saturated rings. The van der Waals surface area contributed by atoms with Crippen LogP contribution in [0.15, 0.2) is 36.5 Å². The fraction of sp³-hybridized carbons (Fsp3) is 0.591. The molecule has 0 bridgehead atoms. The van der Waals surface area contributed by atoms with E-state index in [2.05, 4.69) is 36.2 Å². The van der Waals surface area contributed by atoms with Crippen molar-refractivity contribution in [3.05, 3.63) is 57.9 Å². The Morgan fingerprint density at radius 2 is 1.89 bits per heavy atom. The van der Waals surface area contributed by atoms with Gasteiger partial charge in [0.1, 0.15) is 25.0 Å². The monoisotopic (exact) mass is 676 g/mol. The van der Waals surface area contributed by atoms with E-state index in [1.54, 1.807) is 4.67 Å². The van der Waals surface area contributed by atoms with E-state index in [4.69, 9.17) is 27.7 Å². The van der Waals surface area contributed by atoms with E-state index in [1.807, 2.05) is 18.2 Å². The van der Waals surface area contributed by atoms with Gasteiger partial charge in [0.25, 0.3) is 0 Å². The topological polar surface area (TPSA) is 103 Å². The maximum Gasteiger partial charge on any atom is 0.434 e. The third-order valence-electron chi connectivity index (χ3n) is 6.03. The van der Waals surface area contributed by atoms with E-state index in [0.717, 1.165) is 30.5 Å². The first-order valence-corrected chi connectivity index (χ1v) is 14.2. The lowest BCUT2D eigenvalue weighted by atomic mass is 10.2. The molecule has 2 rings (SSSR count). The molecule has 10 nitrogen and oxygen atoms in total. The quantitative estimate of drug-likeness (QED) is 0.0514. The van der Waals surface area contributed by atoms with Gasteiger partial charge in [0, 0.05) is 43.4 Å². The second-order valence-electron chi connectivity index (χ2n) is 8.56. The molecule has 14 heteroatoms. The van der Waals surface area contributed by atoms with Crippen molar-refractivity contribution in [1.82, 2.24) is 19.3 Å². The molecule has 0 saturated carbocycles. The lowest BCUT2D eigenvalue weighted by molar-refractivity contribution is -0.921. The number of nitrogens with one attached hydrogen (secondary N) is 1. The van der Waals surface area contributed by atoms with Gasteiger partial charge in [-0.2, -0.15) is 0 Å². The van der Waals surface area contributed by atoms with Gasteiger partial charge in [-0.05, 0) is 11.8 Å². The molecule has 2 unspecified atom stereocenters. The van der Waals surface area contributed by atoms with Gasteiger partial charge in [0.15, 0.2) is 0 Å². The van der Waals surface area contributed by atoms with Gasteiger partial charge in [-0.1, -0.05) is 35.3 Å². The third kappa shape index (κ3) is 9.83. The molecule has 0 aliphatic rings. The highest BCUT2D eigenvalue weighted by molar-refractivity contribution is 7.54. The van der Waals surface area contributed by atoms with Gasteiger partial charge in [0.05, 0.1) is 27.2 Å². The molecule has 1 aromatic carbocycles. The van der Waals surface area contributed by atoms with Crippen molar-refractivity contribution in [2.75, 3.05) is 51.5 Å². The summed E-state index contributed by atoms with van der Waals surface area (Å²) in [5.41, 5.74) is 1.72. The zero-order valence-electron chi connectivity index (χ0n) is 21.0. The van der Waals surface area contributed by atoms with Gasteiger partial charge in [0.2, 0.25) is 0 Å². The maximum atomic E-state index is 13.9. The average Bonchev–Trinajstić information content (AvgIpc) is 3.21. The minimum absolute atomic E-state index is 0. The average molecular weight is 677 g/mol. The van der Waals surface area contributed by atoms with Crippen molar-refractivity contribution in [1.29, 1.82) is 0 Å². The van der Waals surface area contributed by atoms with Crippen molar-refractivity contribution in [2.24, 2.45) is 7.05 Å². The standard InChI is InChI=1S/C22H36Cl2N6O4P.HI/c1-4-30(3,18-20-9-6-5-7-10-20)16-8-13-26-35(33,28(14-11-23)15-12-24)34-19-21-17-25-22(27(21)2)29(31)32;/h5-7,9-10,17H,4,8,11-16,18-19H2,1-3H3,(H,26,33);1H/q+1;/p-1. The molecule has 0 saturated heterocycles. The van der Waals surface area contributed by atoms with Crippen molar-refractivity contribution in [3.63, 3.8) is 0 Å². The van der Waals surface area contributed by atoms with Crippen LogP contribution in [0, 0.1) is 10.1 Å². The van der Waals surface area contributed by atoms with Crippen LogP contribution in [0.3, 0.4) is 0 Å². The summed E-state index contributed by atoms with van der Waals surface area (Å²) in [7, 11) is 0.213. The molecular weight excluding hydrogens is 641 g/mol. The molecule has 0 amide bonds. The summed E-state index contributed by atoms with van der Waals surface area (Å²) in [6.07, 6.45) is 2.13. The highest BCUT2D eigenvalue weighted by atomic mass is 127. The zero-order chi connectivity index (χ0) is 25.9. The molecule has 36 heavy (non-hydrogen) atoms. The normalized spacial score (nSPS) is 14.7. The summed E-state index contributed by atoms with van der Waals surface area (Å²) in [5.74, 6) is 0.204. The molecule has 0 aliphatic carbocycles. The van der Waals surface area contributed by atoms with Gasteiger partial charge < -0.3 is 38.6 Å². The Kier molecular flexibility index (Phi) is 15.0. The first-order valence-electron chi connectivity index (χ1n) is 11.6. The molecule has 0 radical (unpaired) electrons. The molecule has 1 aromatic heterocycles. The summed E-state index contributed by atoms with van der Waals surface area (Å²) in [6.45, 7) is 5.92. The van der Waals surface area contributed by atoms with Crippen LogP contribution in [0.1, 0.15) is 24.6 Å². The first-order chi connectivity index (χ1) is 16.7. The highest BCUT2D eigenvalue weighted by Crippen LogP contribution is 2.47.